The van der Waals surface area contributed by atoms with Crippen LogP contribution in [-0.2, 0) is 23.9 Å². The summed E-state index contributed by atoms with van der Waals surface area (Å²) >= 11 is 0. The summed E-state index contributed by atoms with van der Waals surface area (Å²) in [4.78, 5) is 35.1. The van der Waals surface area contributed by atoms with Gasteiger partial charge in [0, 0.05) is 0 Å². The molecule has 0 aliphatic heterocycles. The van der Waals surface area contributed by atoms with Gasteiger partial charge >= 0.3 is 11.9 Å². The van der Waals surface area contributed by atoms with E-state index in [0.29, 0.717) is 11.3 Å². The smallest absolute Gasteiger partial charge is 0.359 e. The van der Waals surface area contributed by atoms with Gasteiger partial charge in [-0.05, 0) is 26.0 Å². The maximum atomic E-state index is 12.1. The second-order valence-electron chi connectivity index (χ2n) is 4.40. The van der Waals surface area contributed by atoms with Crippen LogP contribution in [0.3, 0.4) is 0 Å². The number of carbonyl (C=O) groups excluding carboxylic acids is 3. The van der Waals surface area contributed by atoms with Crippen molar-refractivity contribution in [3.63, 3.8) is 0 Å². The highest BCUT2D eigenvalue weighted by atomic mass is 16.5. The molecule has 1 rings (SSSR count). The van der Waals surface area contributed by atoms with Crippen LogP contribution in [0.2, 0.25) is 0 Å². The molecule has 0 heterocycles. The number of nitrogens with zero attached hydrogens (tertiary/aromatic N) is 1. The molecule has 8 heteroatoms. The van der Waals surface area contributed by atoms with Crippen molar-refractivity contribution >= 4 is 23.6 Å². The van der Waals surface area contributed by atoms with Crippen molar-refractivity contribution in [2.24, 2.45) is 5.10 Å². The fraction of sp³-hybridized carbons (Fsp3) is 0.375. The molecule has 0 aromatic heterocycles. The zero-order valence-corrected chi connectivity index (χ0v) is 13.8. The Morgan fingerprint density at radius 1 is 1.08 bits per heavy atom. The van der Waals surface area contributed by atoms with E-state index in [0.717, 1.165) is 0 Å². The zero-order valence-electron chi connectivity index (χ0n) is 13.8. The van der Waals surface area contributed by atoms with Gasteiger partial charge in [0.25, 0.3) is 5.91 Å². The van der Waals surface area contributed by atoms with E-state index >= 15 is 0 Å². The quantitative estimate of drug-likeness (QED) is 0.329. The minimum absolute atomic E-state index is 0.133. The van der Waals surface area contributed by atoms with Crippen molar-refractivity contribution in [3.05, 3.63) is 29.8 Å². The lowest BCUT2D eigenvalue weighted by Crippen LogP contribution is -2.27. The largest absolute Gasteiger partial charge is 0.496 e. The van der Waals surface area contributed by atoms with Crippen molar-refractivity contribution in [3.8, 4) is 5.75 Å². The molecule has 0 spiro atoms. The molecule has 1 aromatic rings. The topological polar surface area (TPSA) is 103 Å². The summed E-state index contributed by atoms with van der Waals surface area (Å²) < 4.78 is 14.8. The van der Waals surface area contributed by atoms with Gasteiger partial charge in [0.05, 0.1) is 25.9 Å². The van der Waals surface area contributed by atoms with Gasteiger partial charge in [-0.1, -0.05) is 12.1 Å². The molecular formula is C16H20N2O6. The Kier molecular flexibility index (Phi) is 7.97. The van der Waals surface area contributed by atoms with E-state index in [4.69, 9.17) is 9.47 Å². The Bertz CT molecular complexity index is 627. The number of nitrogens with one attached hydrogen (secondary N) is 1. The zero-order chi connectivity index (χ0) is 17.9. The van der Waals surface area contributed by atoms with E-state index in [1.807, 2.05) is 0 Å². The predicted octanol–water partition coefficient (Wildman–Crippen LogP) is 1.03. The van der Waals surface area contributed by atoms with Crippen molar-refractivity contribution < 1.29 is 28.6 Å². The second-order valence-corrected chi connectivity index (χ2v) is 4.40. The highest BCUT2D eigenvalue weighted by Crippen LogP contribution is 2.18. The third-order valence-corrected chi connectivity index (χ3v) is 2.73. The monoisotopic (exact) mass is 336 g/mol. The summed E-state index contributed by atoms with van der Waals surface area (Å²) in [5.74, 6) is -1.72. The summed E-state index contributed by atoms with van der Waals surface area (Å²) in [6.07, 6.45) is -0.501. The van der Waals surface area contributed by atoms with Gasteiger partial charge in [0.1, 0.15) is 12.2 Å². The van der Waals surface area contributed by atoms with E-state index in [1.165, 1.54) is 7.11 Å². The highest BCUT2D eigenvalue weighted by Gasteiger charge is 2.20. The van der Waals surface area contributed by atoms with Crippen LogP contribution in [0.15, 0.2) is 29.4 Å². The van der Waals surface area contributed by atoms with Gasteiger partial charge in [-0.2, -0.15) is 5.10 Å². The van der Waals surface area contributed by atoms with Gasteiger partial charge in [-0.15, -0.1) is 0 Å². The molecule has 0 atom stereocenters. The molecule has 130 valence electrons. The second kappa shape index (κ2) is 9.98. The first-order valence-corrected chi connectivity index (χ1v) is 7.36. The van der Waals surface area contributed by atoms with E-state index in [-0.39, 0.29) is 18.9 Å². The number of ether oxygens (including phenoxy) is 3. The Hall–Kier alpha value is -2.90. The number of benzene rings is 1. The average molecular weight is 336 g/mol. The summed E-state index contributed by atoms with van der Waals surface area (Å²) in [7, 11) is 1.45. The lowest BCUT2D eigenvalue weighted by molar-refractivity contribution is -0.146. The Labute approximate surface area is 139 Å². The van der Waals surface area contributed by atoms with Crippen LogP contribution in [0.5, 0.6) is 5.75 Å². The van der Waals surface area contributed by atoms with Gasteiger partial charge in [0.2, 0.25) is 0 Å². The molecule has 0 fully saturated rings. The number of hydrazone groups is 1. The first-order chi connectivity index (χ1) is 11.5. The minimum Gasteiger partial charge on any atom is -0.496 e. The average Bonchev–Trinajstić information content (AvgIpc) is 2.55. The first kappa shape index (κ1) is 19.1. The molecule has 0 aliphatic rings. The van der Waals surface area contributed by atoms with Crippen molar-refractivity contribution in [1.82, 2.24) is 5.43 Å². The van der Waals surface area contributed by atoms with Crippen LogP contribution in [0, 0.1) is 0 Å². The summed E-state index contributed by atoms with van der Waals surface area (Å²) in [6.45, 7) is 3.60. The maximum Gasteiger partial charge on any atom is 0.359 e. The third kappa shape index (κ3) is 5.71. The number of rotatable bonds is 8. The van der Waals surface area contributed by atoms with E-state index < -0.39 is 24.3 Å². The summed E-state index contributed by atoms with van der Waals surface area (Å²) in [5.41, 5.74) is 2.38. The van der Waals surface area contributed by atoms with Crippen molar-refractivity contribution in [2.75, 3.05) is 20.3 Å². The van der Waals surface area contributed by atoms with Crippen molar-refractivity contribution in [2.45, 2.75) is 20.3 Å². The van der Waals surface area contributed by atoms with Gasteiger partial charge in [-0.3, -0.25) is 9.59 Å². The number of amides is 1. The molecule has 0 bridgehead atoms. The summed E-state index contributed by atoms with van der Waals surface area (Å²) in [6, 6.07) is 6.66. The number of methoxy groups -OCH3 is 1. The first-order valence-electron chi connectivity index (χ1n) is 7.36. The van der Waals surface area contributed by atoms with Crippen LogP contribution in [0.4, 0.5) is 0 Å². The van der Waals surface area contributed by atoms with Gasteiger partial charge in [0.15, 0.2) is 5.71 Å². The van der Waals surface area contributed by atoms with E-state index in [9.17, 15) is 14.4 Å². The Morgan fingerprint density at radius 3 is 2.38 bits per heavy atom. The standard InChI is InChI=1S/C16H20N2O6/c1-4-23-14(20)10-13(19)17-18-15(16(21)24-5-2)11-8-6-7-9-12(11)22-3/h6-9H,4-5,10H2,1-3H3,(H,17,19). The molecule has 8 nitrogen and oxygen atoms in total. The van der Waals surface area contributed by atoms with Gasteiger partial charge in [-0.25, -0.2) is 10.2 Å². The Morgan fingerprint density at radius 2 is 1.75 bits per heavy atom. The molecule has 0 saturated carbocycles. The number of esters is 2. The molecule has 0 unspecified atom stereocenters. The number of hydrogen-bond acceptors (Lipinski definition) is 7. The molecule has 24 heavy (non-hydrogen) atoms. The normalized spacial score (nSPS) is 10.7. The lowest BCUT2D eigenvalue weighted by atomic mass is 10.1. The van der Waals surface area contributed by atoms with E-state index in [1.54, 1.807) is 38.1 Å². The van der Waals surface area contributed by atoms with Crippen LogP contribution in [-0.4, -0.2) is 43.9 Å². The molecule has 0 saturated heterocycles. The molecular weight excluding hydrogens is 316 g/mol. The van der Waals surface area contributed by atoms with Crippen LogP contribution >= 0.6 is 0 Å². The minimum atomic E-state index is -0.724. The number of carbonyl (C=O) groups is 3. The predicted molar refractivity (Wildman–Crippen MR) is 85.6 cm³/mol. The summed E-state index contributed by atoms with van der Waals surface area (Å²) in [5, 5.41) is 3.79. The molecule has 0 aliphatic carbocycles. The lowest BCUT2D eigenvalue weighted by Gasteiger charge is -2.10. The van der Waals surface area contributed by atoms with Gasteiger partial charge < -0.3 is 14.2 Å². The van der Waals surface area contributed by atoms with Crippen LogP contribution < -0.4 is 10.2 Å². The van der Waals surface area contributed by atoms with Crippen LogP contribution in [0.25, 0.3) is 0 Å². The maximum absolute atomic E-state index is 12.1. The Balaban J connectivity index is 3.00. The third-order valence-electron chi connectivity index (χ3n) is 2.73. The molecule has 1 aromatic carbocycles. The fourth-order valence-electron chi connectivity index (χ4n) is 1.76. The molecule has 1 N–H and O–H groups in total. The van der Waals surface area contributed by atoms with E-state index in [2.05, 4.69) is 15.3 Å². The molecule has 0 radical (unpaired) electrons. The van der Waals surface area contributed by atoms with Crippen molar-refractivity contribution in [1.29, 1.82) is 0 Å². The number of para-hydroxylation sites is 1. The SMILES string of the molecule is CCOC(=O)CC(=O)NN=C(C(=O)OCC)c1ccccc1OC. The fourth-order valence-corrected chi connectivity index (χ4v) is 1.76. The highest BCUT2D eigenvalue weighted by molar-refractivity contribution is 6.44. The van der Waals surface area contributed by atoms with Crippen LogP contribution in [0.1, 0.15) is 25.8 Å². The number of hydrogen-bond donors (Lipinski definition) is 1. The molecule has 1 amide bonds.